The Balaban J connectivity index is 2.73. The second-order valence-electron chi connectivity index (χ2n) is 5.93. The molecule has 1 aromatic rings. The van der Waals surface area contributed by atoms with Crippen molar-refractivity contribution in [2.75, 3.05) is 24.5 Å². The number of anilines is 1. The van der Waals surface area contributed by atoms with Gasteiger partial charge in [-0.25, -0.2) is 4.98 Å². The summed E-state index contributed by atoms with van der Waals surface area (Å²) in [6.07, 6.45) is 2.45. The number of hydrogen-bond acceptors (Lipinski definition) is 3. The summed E-state index contributed by atoms with van der Waals surface area (Å²) in [5.41, 5.74) is 2.45. The smallest absolute Gasteiger partial charge is 0.129 e. The molecule has 3 heteroatoms. The van der Waals surface area contributed by atoms with Gasteiger partial charge in [0.05, 0.1) is 0 Å². The number of pyridine rings is 1. The Bertz CT molecular complexity index is 388. The first-order valence-corrected chi connectivity index (χ1v) is 8.00. The van der Waals surface area contributed by atoms with Crippen molar-refractivity contribution in [3.8, 4) is 0 Å². The zero-order chi connectivity index (χ0) is 15.0. The monoisotopic (exact) mass is 277 g/mol. The van der Waals surface area contributed by atoms with Crippen LogP contribution < -0.4 is 10.2 Å². The summed E-state index contributed by atoms with van der Waals surface area (Å²) in [4.78, 5) is 7.08. The van der Waals surface area contributed by atoms with E-state index >= 15 is 0 Å². The Labute approximate surface area is 124 Å². The van der Waals surface area contributed by atoms with Crippen molar-refractivity contribution in [3.63, 3.8) is 0 Å². The van der Waals surface area contributed by atoms with Gasteiger partial charge in [-0.2, -0.15) is 0 Å². The van der Waals surface area contributed by atoms with Crippen LogP contribution in [0.4, 0.5) is 5.82 Å². The summed E-state index contributed by atoms with van der Waals surface area (Å²) >= 11 is 0. The number of unbranched alkanes of at least 4 members (excludes halogenated alkanes) is 1. The minimum Gasteiger partial charge on any atom is -0.357 e. The fourth-order valence-corrected chi connectivity index (χ4v) is 2.27. The fourth-order valence-electron chi connectivity index (χ4n) is 2.27. The number of rotatable bonds is 9. The van der Waals surface area contributed by atoms with Gasteiger partial charge < -0.3 is 10.2 Å². The molecule has 0 fully saturated rings. The van der Waals surface area contributed by atoms with E-state index in [4.69, 9.17) is 4.98 Å². The molecule has 0 saturated heterocycles. The molecule has 114 valence electrons. The van der Waals surface area contributed by atoms with E-state index in [1.807, 2.05) is 0 Å². The van der Waals surface area contributed by atoms with Crippen molar-refractivity contribution in [3.05, 3.63) is 23.4 Å². The minimum absolute atomic E-state index is 0.689. The molecule has 0 spiro atoms. The van der Waals surface area contributed by atoms with Crippen LogP contribution in [-0.4, -0.2) is 24.6 Å². The zero-order valence-electron chi connectivity index (χ0n) is 13.9. The molecule has 1 N–H and O–H groups in total. The summed E-state index contributed by atoms with van der Waals surface area (Å²) in [5.74, 6) is 1.82. The Hall–Kier alpha value is -1.09. The lowest BCUT2D eigenvalue weighted by Crippen LogP contribution is -2.25. The van der Waals surface area contributed by atoms with Crippen LogP contribution in [0.1, 0.15) is 51.8 Å². The molecule has 1 heterocycles. The molecule has 20 heavy (non-hydrogen) atoms. The maximum Gasteiger partial charge on any atom is 0.129 e. The summed E-state index contributed by atoms with van der Waals surface area (Å²) in [6, 6.07) is 4.42. The third-order valence-electron chi connectivity index (χ3n) is 3.37. The molecule has 0 aromatic carbocycles. The molecule has 0 atom stereocenters. The van der Waals surface area contributed by atoms with E-state index in [1.54, 1.807) is 0 Å². The lowest BCUT2D eigenvalue weighted by Gasteiger charge is -2.23. The van der Waals surface area contributed by atoms with E-state index in [9.17, 15) is 0 Å². The number of nitrogens with zero attached hydrogens (tertiary/aromatic N) is 2. The molecule has 0 saturated carbocycles. The average molecular weight is 277 g/mol. The molecule has 0 unspecified atom stereocenters. The van der Waals surface area contributed by atoms with Gasteiger partial charge in [0, 0.05) is 25.3 Å². The zero-order valence-corrected chi connectivity index (χ0v) is 13.9. The van der Waals surface area contributed by atoms with E-state index in [0.717, 1.165) is 37.7 Å². The molecule has 1 aromatic heterocycles. The van der Waals surface area contributed by atoms with Gasteiger partial charge in [0.2, 0.25) is 0 Å². The van der Waals surface area contributed by atoms with Crippen molar-refractivity contribution in [2.45, 2.75) is 54.0 Å². The first-order valence-electron chi connectivity index (χ1n) is 8.00. The van der Waals surface area contributed by atoms with Crippen molar-refractivity contribution in [2.24, 2.45) is 5.92 Å². The first-order chi connectivity index (χ1) is 9.56. The highest BCUT2D eigenvalue weighted by Gasteiger charge is 2.07. The lowest BCUT2D eigenvalue weighted by molar-refractivity contribution is 0.552. The molecule has 0 radical (unpaired) electrons. The highest BCUT2D eigenvalue weighted by atomic mass is 15.2. The predicted octanol–water partition coefficient (Wildman–Crippen LogP) is 3.76. The lowest BCUT2D eigenvalue weighted by atomic mass is 10.2. The van der Waals surface area contributed by atoms with Gasteiger partial charge in [0.25, 0.3) is 0 Å². The van der Waals surface area contributed by atoms with Crippen LogP contribution in [0.5, 0.6) is 0 Å². The Kier molecular flexibility index (Phi) is 7.60. The van der Waals surface area contributed by atoms with Crippen molar-refractivity contribution < 1.29 is 0 Å². The molecular weight excluding hydrogens is 246 g/mol. The van der Waals surface area contributed by atoms with Gasteiger partial charge in [-0.05, 0) is 50.4 Å². The quantitative estimate of drug-likeness (QED) is 0.745. The predicted molar refractivity (Wildman–Crippen MR) is 88.3 cm³/mol. The first kappa shape index (κ1) is 17.0. The maximum atomic E-state index is 4.70. The third kappa shape index (κ3) is 5.91. The molecule has 3 nitrogen and oxygen atoms in total. The van der Waals surface area contributed by atoms with Crippen molar-refractivity contribution in [1.82, 2.24) is 10.3 Å². The Morgan fingerprint density at radius 3 is 2.60 bits per heavy atom. The largest absolute Gasteiger partial charge is 0.357 e. The highest BCUT2D eigenvalue weighted by Crippen LogP contribution is 2.16. The van der Waals surface area contributed by atoms with E-state index in [0.29, 0.717) is 5.92 Å². The fraction of sp³-hybridized carbons (Fsp3) is 0.706. The molecular formula is C17H31N3. The van der Waals surface area contributed by atoms with Gasteiger partial charge in [0.15, 0.2) is 0 Å². The average Bonchev–Trinajstić information content (AvgIpc) is 2.38. The maximum absolute atomic E-state index is 4.70. The Morgan fingerprint density at radius 2 is 2.00 bits per heavy atom. The van der Waals surface area contributed by atoms with Crippen LogP contribution in [0.2, 0.25) is 0 Å². The molecule has 0 amide bonds. The molecule has 0 bridgehead atoms. The van der Waals surface area contributed by atoms with Crippen LogP contribution in [0.3, 0.4) is 0 Å². The van der Waals surface area contributed by atoms with Crippen molar-refractivity contribution >= 4 is 5.82 Å². The molecule has 0 aliphatic heterocycles. The SMILES string of the molecule is CCCCN(CC)c1cc(CNCC(C)C)cc(C)n1. The van der Waals surface area contributed by atoms with E-state index in [-0.39, 0.29) is 0 Å². The van der Waals surface area contributed by atoms with Crippen LogP contribution in [0.25, 0.3) is 0 Å². The molecule has 0 aliphatic carbocycles. The highest BCUT2D eigenvalue weighted by molar-refractivity contribution is 5.42. The van der Waals surface area contributed by atoms with Gasteiger partial charge in [-0.1, -0.05) is 27.2 Å². The molecule has 1 rings (SSSR count). The minimum atomic E-state index is 0.689. The number of aromatic nitrogens is 1. The number of nitrogens with one attached hydrogen (secondary N) is 1. The second-order valence-corrected chi connectivity index (χ2v) is 5.93. The third-order valence-corrected chi connectivity index (χ3v) is 3.37. The van der Waals surface area contributed by atoms with Crippen LogP contribution in [-0.2, 0) is 6.54 Å². The van der Waals surface area contributed by atoms with Gasteiger partial charge in [0.1, 0.15) is 5.82 Å². The number of hydrogen-bond donors (Lipinski definition) is 1. The summed E-state index contributed by atoms with van der Waals surface area (Å²) < 4.78 is 0. The van der Waals surface area contributed by atoms with Gasteiger partial charge in [-0.3, -0.25) is 0 Å². The molecule has 0 aliphatic rings. The summed E-state index contributed by atoms with van der Waals surface area (Å²) in [6.45, 7) is 15.1. The van der Waals surface area contributed by atoms with Crippen LogP contribution >= 0.6 is 0 Å². The van der Waals surface area contributed by atoms with E-state index < -0.39 is 0 Å². The topological polar surface area (TPSA) is 28.2 Å². The van der Waals surface area contributed by atoms with Crippen LogP contribution in [0, 0.1) is 12.8 Å². The van der Waals surface area contributed by atoms with Crippen LogP contribution in [0.15, 0.2) is 12.1 Å². The summed E-state index contributed by atoms with van der Waals surface area (Å²) in [7, 11) is 0. The van der Waals surface area contributed by atoms with E-state index in [1.165, 1.54) is 18.4 Å². The van der Waals surface area contributed by atoms with E-state index in [2.05, 4.69) is 57.0 Å². The Morgan fingerprint density at radius 1 is 1.25 bits per heavy atom. The van der Waals surface area contributed by atoms with Gasteiger partial charge >= 0.3 is 0 Å². The summed E-state index contributed by atoms with van der Waals surface area (Å²) in [5, 5.41) is 3.51. The second kappa shape index (κ2) is 8.96. The standard InChI is InChI=1S/C17H31N3/c1-6-8-9-20(7-2)17-11-16(10-15(5)19-17)13-18-12-14(3)4/h10-11,14,18H,6-9,12-13H2,1-5H3. The van der Waals surface area contributed by atoms with Crippen molar-refractivity contribution in [1.29, 1.82) is 0 Å². The van der Waals surface area contributed by atoms with Gasteiger partial charge in [-0.15, -0.1) is 0 Å². The normalized spacial score (nSPS) is 11.1. The number of aryl methyl sites for hydroxylation is 1.